The van der Waals surface area contributed by atoms with Crippen LogP contribution in [-0.4, -0.2) is 28.2 Å². The summed E-state index contributed by atoms with van der Waals surface area (Å²) < 4.78 is 10.4. The zero-order valence-corrected chi connectivity index (χ0v) is 11.7. The van der Waals surface area contributed by atoms with Crippen LogP contribution in [0.1, 0.15) is 5.56 Å². The zero-order chi connectivity index (χ0) is 15.2. The number of aliphatic carboxylic acids is 1. The Bertz CT molecular complexity index is 674. The first-order valence-corrected chi connectivity index (χ1v) is 6.22. The Balaban J connectivity index is 2.45. The lowest BCUT2D eigenvalue weighted by atomic mass is 10.1. The molecule has 0 fully saturated rings. The SMILES string of the molecule is COC(Oc1cc(Cl)ncn1)=C(C(=O)O)c1ccccc1. The van der Waals surface area contributed by atoms with E-state index >= 15 is 0 Å². The minimum atomic E-state index is -1.18. The third kappa shape index (κ3) is 3.70. The summed E-state index contributed by atoms with van der Waals surface area (Å²) in [5.41, 5.74) is 0.329. The first-order chi connectivity index (χ1) is 10.1. The summed E-state index contributed by atoms with van der Waals surface area (Å²) >= 11 is 5.73. The fourth-order valence-corrected chi connectivity index (χ4v) is 1.73. The number of aromatic nitrogens is 2. The molecule has 108 valence electrons. The van der Waals surface area contributed by atoms with E-state index < -0.39 is 5.97 Å². The average Bonchev–Trinajstić information content (AvgIpc) is 2.47. The molecule has 0 unspecified atom stereocenters. The highest BCUT2D eigenvalue weighted by Gasteiger charge is 2.20. The van der Waals surface area contributed by atoms with E-state index in [1.165, 1.54) is 19.5 Å². The highest BCUT2D eigenvalue weighted by Crippen LogP contribution is 2.23. The molecule has 21 heavy (non-hydrogen) atoms. The number of carboxylic acid groups (broad SMARTS) is 1. The van der Waals surface area contributed by atoms with Gasteiger partial charge >= 0.3 is 11.9 Å². The van der Waals surface area contributed by atoms with E-state index in [-0.39, 0.29) is 22.6 Å². The van der Waals surface area contributed by atoms with Crippen LogP contribution in [0.15, 0.2) is 48.7 Å². The van der Waals surface area contributed by atoms with E-state index in [4.69, 9.17) is 21.1 Å². The van der Waals surface area contributed by atoms with Gasteiger partial charge in [0.15, 0.2) is 0 Å². The van der Waals surface area contributed by atoms with Gasteiger partial charge in [0.1, 0.15) is 17.1 Å². The lowest BCUT2D eigenvalue weighted by Crippen LogP contribution is -2.10. The molecule has 0 aliphatic heterocycles. The van der Waals surface area contributed by atoms with Gasteiger partial charge in [0.25, 0.3) is 0 Å². The largest absolute Gasteiger partial charge is 0.477 e. The molecule has 0 atom stereocenters. The number of rotatable bonds is 5. The molecule has 0 radical (unpaired) electrons. The molecular weight excluding hydrogens is 296 g/mol. The molecule has 2 aromatic rings. The van der Waals surface area contributed by atoms with Gasteiger partial charge < -0.3 is 14.6 Å². The van der Waals surface area contributed by atoms with Crippen LogP contribution in [0.5, 0.6) is 5.88 Å². The van der Waals surface area contributed by atoms with Gasteiger partial charge in [-0.2, -0.15) is 0 Å². The molecule has 2 rings (SSSR count). The van der Waals surface area contributed by atoms with Crippen LogP contribution in [0.4, 0.5) is 0 Å². The fraction of sp³-hybridized carbons (Fsp3) is 0.0714. The third-order valence-electron chi connectivity index (χ3n) is 2.47. The second kappa shape index (κ2) is 6.71. The van der Waals surface area contributed by atoms with E-state index in [2.05, 4.69) is 9.97 Å². The fourth-order valence-electron chi connectivity index (χ4n) is 1.60. The van der Waals surface area contributed by atoms with Crippen molar-refractivity contribution >= 4 is 23.1 Å². The Morgan fingerprint density at radius 3 is 2.52 bits per heavy atom. The van der Waals surface area contributed by atoms with Crippen molar-refractivity contribution in [2.75, 3.05) is 7.11 Å². The highest BCUT2D eigenvalue weighted by molar-refractivity contribution is 6.29. The van der Waals surface area contributed by atoms with Crippen molar-refractivity contribution in [1.82, 2.24) is 9.97 Å². The van der Waals surface area contributed by atoms with Crippen LogP contribution in [0.2, 0.25) is 5.15 Å². The predicted molar refractivity (Wildman–Crippen MR) is 75.7 cm³/mol. The van der Waals surface area contributed by atoms with E-state index in [9.17, 15) is 9.90 Å². The van der Waals surface area contributed by atoms with Gasteiger partial charge in [-0.25, -0.2) is 14.8 Å². The summed E-state index contributed by atoms with van der Waals surface area (Å²) in [6.07, 6.45) is 1.20. The van der Waals surface area contributed by atoms with E-state index in [1.807, 2.05) is 0 Å². The number of hydrogen-bond acceptors (Lipinski definition) is 5. The quantitative estimate of drug-likeness (QED) is 0.519. The van der Waals surface area contributed by atoms with Gasteiger partial charge in [-0.1, -0.05) is 41.9 Å². The molecule has 0 aliphatic rings. The highest BCUT2D eigenvalue weighted by atomic mass is 35.5. The van der Waals surface area contributed by atoms with Crippen LogP contribution in [0.3, 0.4) is 0 Å². The maximum absolute atomic E-state index is 11.5. The molecule has 1 aromatic carbocycles. The second-order valence-electron chi connectivity index (χ2n) is 3.82. The molecule has 7 heteroatoms. The molecule has 0 saturated carbocycles. The Kier molecular flexibility index (Phi) is 4.73. The first kappa shape index (κ1) is 14.8. The number of benzene rings is 1. The number of halogens is 1. The molecule has 0 aliphatic carbocycles. The molecular formula is C14H11ClN2O4. The molecule has 1 aromatic heterocycles. The van der Waals surface area contributed by atoms with Crippen molar-refractivity contribution in [2.45, 2.75) is 0 Å². The van der Waals surface area contributed by atoms with Crippen LogP contribution < -0.4 is 4.74 Å². The molecule has 6 nitrogen and oxygen atoms in total. The molecule has 1 N–H and O–H groups in total. The van der Waals surface area contributed by atoms with Crippen LogP contribution >= 0.6 is 11.6 Å². The Hall–Kier alpha value is -2.60. The summed E-state index contributed by atoms with van der Waals surface area (Å²) in [6, 6.07) is 9.84. The third-order valence-corrected chi connectivity index (χ3v) is 2.68. The number of nitrogens with zero attached hydrogens (tertiary/aromatic N) is 2. The van der Waals surface area contributed by atoms with Crippen molar-refractivity contribution in [2.24, 2.45) is 0 Å². The Morgan fingerprint density at radius 1 is 1.24 bits per heavy atom. The molecule has 1 heterocycles. The molecule has 0 spiro atoms. The topological polar surface area (TPSA) is 81.5 Å². The first-order valence-electron chi connectivity index (χ1n) is 5.84. The van der Waals surface area contributed by atoms with Gasteiger partial charge in [-0.3, -0.25) is 0 Å². The Labute approximate surface area is 125 Å². The van der Waals surface area contributed by atoms with Crippen molar-refractivity contribution in [3.63, 3.8) is 0 Å². The van der Waals surface area contributed by atoms with Gasteiger partial charge in [0, 0.05) is 6.07 Å². The zero-order valence-electron chi connectivity index (χ0n) is 11.0. The van der Waals surface area contributed by atoms with E-state index in [1.54, 1.807) is 30.3 Å². The molecule has 0 bridgehead atoms. The standard InChI is InChI=1S/C14H11ClN2O4/c1-20-14(21-11-7-10(15)16-8-17-11)12(13(18)19)9-5-3-2-4-6-9/h2-8H,1H3,(H,18,19). The predicted octanol–water partition coefficient (Wildman–Crippen LogP) is 2.61. The number of methoxy groups -OCH3 is 1. The van der Waals surface area contributed by atoms with Gasteiger partial charge in [0.05, 0.1) is 7.11 Å². The van der Waals surface area contributed by atoms with Crippen LogP contribution in [0.25, 0.3) is 5.57 Å². The normalized spacial score (nSPS) is 11.5. The van der Waals surface area contributed by atoms with Crippen molar-refractivity contribution < 1.29 is 19.4 Å². The summed E-state index contributed by atoms with van der Waals surface area (Å²) in [5.74, 6) is -1.29. The van der Waals surface area contributed by atoms with Crippen LogP contribution in [0, 0.1) is 0 Å². The van der Waals surface area contributed by atoms with E-state index in [0.717, 1.165) is 0 Å². The van der Waals surface area contributed by atoms with Gasteiger partial charge in [0.2, 0.25) is 5.88 Å². The summed E-state index contributed by atoms with van der Waals surface area (Å²) in [4.78, 5) is 19.0. The summed E-state index contributed by atoms with van der Waals surface area (Å²) in [5, 5.41) is 9.56. The maximum Gasteiger partial charge on any atom is 0.343 e. The van der Waals surface area contributed by atoms with Crippen molar-refractivity contribution in [1.29, 1.82) is 0 Å². The lowest BCUT2D eigenvalue weighted by Gasteiger charge is -2.11. The number of carboxylic acids is 1. The van der Waals surface area contributed by atoms with Crippen molar-refractivity contribution in [3.05, 3.63) is 59.4 Å². The van der Waals surface area contributed by atoms with Gasteiger partial charge in [-0.05, 0) is 5.56 Å². The minimum absolute atomic E-state index is 0.0848. The second-order valence-corrected chi connectivity index (χ2v) is 4.21. The molecule has 0 amide bonds. The minimum Gasteiger partial charge on any atom is -0.477 e. The smallest absolute Gasteiger partial charge is 0.343 e. The van der Waals surface area contributed by atoms with Crippen molar-refractivity contribution in [3.8, 4) is 5.88 Å². The number of ether oxygens (including phenoxy) is 2. The summed E-state index contributed by atoms with van der Waals surface area (Å²) in [7, 11) is 1.31. The molecule has 0 saturated heterocycles. The van der Waals surface area contributed by atoms with Crippen LogP contribution in [-0.2, 0) is 9.53 Å². The van der Waals surface area contributed by atoms with E-state index in [0.29, 0.717) is 5.56 Å². The monoisotopic (exact) mass is 306 g/mol. The maximum atomic E-state index is 11.5. The summed E-state index contributed by atoms with van der Waals surface area (Å²) in [6.45, 7) is 0. The number of carbonyl (C=O) groups is 1. The Morgan fingerprint density at radius 2 is 1.95 bits per heavy atom. The average molecular weight is 307 g/mol. The number of hydrogen-bond donors (Lipinski definition) is 1. The van der Waals surface area contributed by atoms with Gasteiger partial charge in [-0.15, -0.1) is 0 Å². The lowest BCUT2D eigenvalue weighted by molar-refractivity contribution is -0.130.